The minimum Gasteiger partial charge on any atom is -0.471 e. The molecule has 0 spiro atoms. The maximum Gasteiger partial charge on any atom is 0.292 e. The molecule has 0 amide bonds. The number of carbonyl (C=O) groups is 3. The number of carbonyl (C=O) groups excluding carboxylic acids is 3. The molecule has 26 heavy (non-hydrogen) atoms. The van der Waals surface area contributed by atoms with E-state index in [0.29, 0.717) is 6.47 Å². The summed E-state index contributed by atoms with van der Waals surface area (Å²) in [6.07, 6.45) is -0.186. The van der Waals surface area contributed by atoms with Gasteiger partial charge >= 0.3 is 0 Å². The Hall–Kier alpha value is -2.15. The summed E-state index contributed by atoms with van der Waals surface area (Å²) >= 11 is 0. The van der Waals surface area contributed by atoms with Crippen LogP contribution in [0.1, 0.15) is 37.0 Å². The van der Waals surface area contributed by atoms with Crippen molar-refractivity contribution in [2.75, 3.05) is 7.11 Å². The number of hydrogen-bond acceptors (Lipinski definition) is 5. The van der Waals surface area contributed by atoms with Crippen molar-refractivity contribution in [1.82, 2.24) is 0 Å². The van der Waals surface area contributed by atoms with Crippen molar-refractivity contribution < 1.29 is 33.0 Å². The summed E-state index contributed by atoms with van der Waals surface area (Å²) in [5, 5.41) is 10.3. The Bertz CT molecular complexity index is 696. The normalized spacial score (nSPS) is 26.7. The van der Waals surface area contributed by atoms with Crippen molar-refractivity contribution >= 4 is 18.0 Å². The summed E-state index contributed by atoms with van der Waals surface area (Å²) in [4.78, 5) is 33.7. The fraction of sp³-hybridized carbons (Fsp3) is 0.526. The fourth-order valence-corrected chi connectivity index (χ4v) is 4.35. The number of methoxy groups -OCH3 is 1. The van der Waals surface area contributed by atoms with Crippen molar-refractivity contribution in [2.24, 2.45) is 23.2 Å². The molecular weight excluding hydrogens is 346 g/mol. The number of rotatable bonds is 4. The molecular formula is C19H22F2O5. The zero-order chi connectivity index (χ0) is 19.6. The quantitative estimate of drug-likeness (QED) is 0.653. The smallest absolute Gasteiger partial charge is 0.292 e. The number of hydrogen-bond donors (Lipinski definition) is 1. The van der Waals surface area contributed by atoms with Gasteiger partial charge in [-0.25, -0.2) is 8.78 Å². The average Bonchev–Trinajstić information content (AvgIpc) is 2.99. The predicted octanol–water partition coefficient (Wildman–Crippen LogP) is 2.55. The highest BCUT2D eigenvalue weighted by atomic mass is 19.1. The van der Waals surface area contributed by atoms with E-state index in [1.54, 1.807) is 0 Å². The molecule has 0 heterocycles. The molecule has 142 valence electrons. The van der Waals surface area contributed by atoms with Gasteiger partial charge < -0.3 is 9.84 Å². The Morgan fingerprint density at radius 1 is 1.31 bits per heavy atom. The van der Waals surface area contributed by atoms with Gasteiger partial charge in [-0.3, -0.25) is 14.4 Å². The minimum atomic E-state index is -1.69. The van der Waals surface area contributed by atoms with Crippen LogP contribution in [0.15, 0.2) is 18.2 Å². The molecule has 0 saturated heterocycles. The van der Waals surface area contributed by atoms with Crippen molar-refractivity contribution in [3.05, 3.63) is 35.4 Å². The molecule has 2 aliphatic rings. The maximum atomic E-state index is 13.7. The molecule has 1 aromatic carbocycles. The highest BCUT2D eigenvalue weighted by molar-refractivity contribution is 6.04. The first-order valence-electron chi connectivity index (χ1n) is 8.34. The van der Waals surface area contributed by atoms with Gasteiger partial charge in [-0.15, -0.1) is 0 Å². The molecule has 5 nitrogen and oxygen atoms in total. The van der Waals surface area contributed by atoms with Gasteiger partial charge in [0.25, 0.3) is 6.47 Å². The molecule has 0 aliphatic heterocycles. The third kappa shape index (κ3) is 3.28. The minimum absolute atomic E-state index is 0.126. The number of Topliss-reactive ketones (excluding diaryl/α,β-unsaturated/α-hetero) is 2. The van der Waals surface area contributed by atoms with Gasteiger partial charge in [0.15, 0.2) is 5.78 Å². The Morgan fingerprint density at radius 2 is 1.85 bits per heavy atom. The van der Waals surface area contributed by atoms with Crippen LogP contribution >= 0.6 is 0 Å². The third-order valence-electron chi connectivity index (χ3n) is 5.64. The standard InChI is InChI=1S/C17H18F2O3.C2H4O2/c1-17(2)8-6-7-9(17)14(20)12(8)15(21)16(22)13-10(18)4-3-5-11(13)19;1-4-2-3/h3-5,8-9,12,15,21H,6-7H2,1-2H3;2H,1H3/t8?,9-,12?,15?;/m0./s1. The zero-order valence-corrected chi connectivity index (χ0v) is 14.9. The van der Waals surface area contributed by atoms with Crippen molar-refractivity contribution in [2.45, 2.75) is 32.8 Å². The Kier molecular flexibility index (Phi) is 5.91. The lowest BCUT2D eigenvalue weighted by atomic mass is 9.77. The van der Waals surface area contributed by atoms with Crippen molar-refractivity contribution in [3.8, 4) is 0 Å². The van der Waals surface area contributed by atoms with Crippen molar-refractivity contribution in [3.63, 3.8) is 0 Å². The van der Waals surface area contributed by atoms with Crippen LogP contribution < -0.4 is 0 Å². The van der Waals surface area contributed by atoms with E-state index < -0.39 is 35.0 Å². The molecule has 2 saturated carbocycles. The van der Waals surface area contributed by atoms with Crippen LogP contribution in [-0.2, 0) is 14.3 Å². The average molecular weight is 368 g/mol. The predicted molar refractivity (Wildman–Crippen MR) is 88.3 cm³/mol. The van der Waals surface area contributed by atoms with Crippen LogP contribution in [0, 0.1) is 34.8 Å². The van der Waals surface area contributed by atoms with E-state index in [9.17, 15) is 23.5 Å². The van der Waals surface area contributed by atoms with E-state index in [4.69, 9.17) is 4.79 Å². The lowest BCUT2D eigenvalue weighted by Crippen LogP contribution is -2.39. The van der Waals surface area contributed by atoms with Crippen molar-refractivity contribution in [1.29, 1.82) is 0 Å². The second-order valence-electron chi connectivity index (χ2n) is 7.22. The number of fused-ring (bicyclic) bond motifs is 2. The van der Waals surface area contributed by atoms with E-state index in [1.165, 1.54) is 7.11 Å². The molecule has 7 heteroatoms. The van der Waals surface area contributed by atoms with Crippen LogP contribution in [0.5, 0.6) is 0 Å². The molecule has 0 radical (unpaired) electrons. The van der Waals surface area contributed by atoms with Gasteiger partial charge in [0, 0.05) is 5.92 Å². The van der Waals surface area contributed by atoms with Crippen LogP contribution in [0.25, 0.3) is 0 Å². The second-order valence-corrected chi connectivity index (χ2v) is 7.22. The lowest BCUT2D eigenvalue weighted by Gasteiger charge is -2.28. The maximum absolute atomic E-state index is 13.7. The molecule has 1 aromatic rings. The van der Waals surface area contributed by atoms with E-state index >= 15 is 0 Å². The van der Waals surface area contributed by atoms with Gasteiger partial charge in [-0.2, -0.15) is 0 Å². The van der Waals surface area contributed by atoms with Gasteiger partial charge in [0.05, 0.1) is 18.6 Å². The van der Waals surface area contributed by atoms with Gasteiger partial charge in [0.1, 0.15) is 23.5 Å². The second kappa shape index (κ2) is 7.61. The molecule has 0 aromatic heterocycles. The molecule has 2 bridgehead atoms. The summed E-state index contributed by atoms with van der Waals surface area (Å²) in [6.45, 7) is 4.28. The first-order valence-corrected chi connectivity index (χ1v) is 8.34. The zero-order valence-electron chi connectivity index (χ0n) is 14.9. The van der Waals surface area contributed by atoms with Gasteiger partial charge in [-0.05, 0) is 36.3 Å². The molecule has 2 fully saturated rings. The Morgan fingerprint density at radius 3 is 2.27 bits per heavy atom. The number of aliphatic hydroxyl groups excluding tert-OH is 1. The monoisotopic (exact) mass is 368 g/mol. The van der Waals surface area contributed by atoms with E-state index in [-0.39, 0.29) is 23.0 Å². The van der Waals surface area contributed by atoms with Crippen LogP contribution in [0.2, 0.25) is 0 Å². The first kappa shape index (κ1) is 20.2. The number of aliphatic hydroxyl groups is 1. The largest absolute Gasteiger partial charge is 0.471 e. The number of ketones is 2. The summed E-state index contributed by atoms with van der Waals surface area (Å²) in [6, 6.07) is 3.09. The summed E-state index contributed by atoms with van der Waals surface area (Å²) < 4.78 is 31.3. The van der Waals surface area contributed by atoms with E-state index in [2.05, 4.69) is 4.74 Å². The summed E-state index contributed by atoms with van der Waals surface area (Å²) in [5.41, 5.74) is -1.04. The number of halogens is 2. The number of ether oxygens (including phenoxy) is 1. The molecule has 4 atom stereocenters. The summed E-state index contributed by atoms with van der Waals surface area (Å²) in [5.74, 6) is -4.40. The van der Waals surface area contributed by atoms with Crippen LogP contribution in [-0.4, -0.2) is 36.4 Å². The molecule has 3 unspecified atom stereocenters. The highest BCUT2D eigenvalue weighted by Gasteiger charge is 2.61. The third-order valence-corrected chi connectivity index (χ3v) is 5.64. The molecule has 3 rings (SSSR count). The number of benzene rings is 1. The lowest BCUT2D eigenvalue weighted by molar-refractivity contribution is -0.129. The van der Waals surface area contributed by atoms with Gasteiger partial charge in [-0.1, -0.05) is 19.9 Å². The molecule has 1 N–H and O–H groups in total. The van der Waals surface area contributed by atoms with E-state index in [0.717, 1.165) is 31.0 Å². The molecule has 2 aliphatic carbocycles. The summed E-state index contributed by atoms with van der Waals surface area (Å²) in [7, 11) is 1.31. The Balaban J connectivity index is 0.000000552. The SMILES string of the molecule is CC1(C)C2CC[C@H]1C(=O)C2C(O)C(=O)c1c(F)cccc1F.COC=O. The first-order chi connectivity index (χ1) is 12.2. The van der Waals surface area contributed by atoms with Crippen LogP contribution in [0.4, 0.5) is 8.78 Å². The topological polar surface area (TPSA) is 80.7 Å². The Labute approximate surface area is 150 Å². The van der Waals surface area contributed by atoms with Crippen LogP contribution in [0.3, 0.4) is 0 Å². The van der Waals surface area contributed by atoms with E-state index in [1.807, 2.05) is 13.8 Å². The highest BCUT2D eigenvalue weighted by Crippen LogP contribution is 2.59. The van der Waals surface area contributed by atoms with Gasteiger partial charge in [0.2, 0.25) is 0 Å². The fourth-order valence-electron chi connectivity index (χ4n) is 4.35.